The Balaban J connectivity index is 2.24. The van der Waals surface area contributed by atoms with Crippen LogP contribution < -0.4 is 5.32 Å². The zero-order valence-corrected chi connectivity index (χ0v) is 8.11. The van der Waals surface area contributed by atoms with Crippen molar-refractivity contribution in [3.63, 3.8) is 0 Å². The lowest BCUT2D eigenvalue weighted by atomic mass is 9.81. The largest absolute Gasteiger partial charge is 0.317 e. The first-order chi connectivity index (χ1) is 5.08. The van der Waals surface area contributed by atoms with E-state index in [9.17, 15) is 0 Å². The summed E-state index contributed by atoms with van der Waals surface area (Å²) in [7, 11) is 0. The zero-order valence-electron chi connectivity index (χ0n) is 8.11. The van der Waals surface area contributed by atoms with Gasteiger partial charge in [-0.15, -0.1) is 0 Å². The fourth-order valence-corrected chi connectivity index (χ4v) is 1.95. The molecule has 1 nitrogen and oxygen atoms in total. The minimum Gasteiger partial charge on any atom is -0.317 e. The van der Waals surface area contributed by atoms with Gasteiger partial charge in [-0.25, -0.2) is 0 Å². The SMILES string of the molecule is CC(C)(C)CC1CCNCC1. The third kappa shape index (κ3) is 3.76. The van der Waals surface area contributed by atoms with Crippen molar-refractivity contribution in [3.8, 4) is 0 Å². The Labute approximate surface area is 70.6 Å². The zero-order chi connectivity index (χ0) is 8.32. The van der Waals surface area contributed by atoms with E-state index in [2.05, 4.69) is 26.1 Å². The third-order valence-electron chi connectivity index (χ3n) is 2.36. The summed E-state index contributed by atoms with van der Waals surface area (Å²) in [6.45, 7) is 9.50. The number of rotatable bonds is 1. The number of hydrogen-bond acceptors (Lipinski definition) is 1. The Morgan fingerprint density at radius 3 is 2.18 bits per heavy atom. The number of piperidine rings is 1. The Kier molecular flexibility index (Phi) is 2.94. The standard InChI is InChI=1S/C10H21N/c1-10(2,3)8-9-4-6-11-7-5-9/h9,11H,4-8H2,1-3H3. The van der Waals surface area contributed by atoms with Gasteiger partial charge in [0.15, 0.2) is 0 Å². The van der Waals surface area contributed by atoms with E-state index in [1.54, 1.807) is 0 Å². The molecule has 0 unspecified atom stereocenters. The highest BCUT2D eigenvalue weighted by Gasteiger charge is 2.19. The molecule has 0 spiro atoms. The molecule has 0 aromatic heterocycles. The lowest BCUT2D eigenvalue weighted by molar-refractivity contribution is 0.248. The van der Waals surface area contributed by atoms with E-state index in [-0.39, 0.29) is 0 Å². The average Bonchev–Trinajstić information content (AvgIpc) is 1.85. The molecule has 0 atom stereocenters. The molecule has 0 saturated carbocycles. The summed E-state index contributed by atoms with van der Waals surface area (Å²) in [5.41, 5.74) is 0.530. The predicted octanol–water partition coefficient (Wildman–Crippen LogP) is 2.42. The van der Waals surface area contributed by atoms with E-state index in [4.69, 9.17) is 0 Å². The van der Waals surface area contributed by atoms with Gasteiger partial charge < -0.3 is 5.32 Å². The summed E-state index contributed by atoms with van der Waals surface area (Å²) in [6, 6.07) is 0. The van der Waals surface area contributed by atoms with Crippen LogP contribution in [0.3, 0.4) is 0 Å². The van der Waals surface area contributed by atoms with Crippen LogP contribution in [0.25, 0.3) is 0 Å². The summed E-state index contributed by atoms with van der Waals surface area (Å²) in [6.07, 6.45) is 4.17. The quantitative estimate of drug-likeness (QED) is 0.613. The topological polar surface area (TPSA) is 12.0 Å². The highest BCUT2D eigenvalue weighted by molar-refractivity contribution is 4.74. The van der Waals surface area contributed by atoms with Crippen molar-refractivity contribution < 1.29 is 0 Å². The maximum absolute atomic E-state index is 3.40. The van der Waals surface area contributed by atoms with Crippen LogP contribution in [0.1, 0.15) is 40.0 Å². The van der Waals surface area contributed by atoms with E-state index in [0.29, 0.717) is 5.41 Å². The van der Waals surface area contributed by atoms with Crippen LogP contribution >= 0.6 is 0 Å². The van der Waals surface area contributed by atoms with Gasteiger partial charge in [0.25, 0.3) is 0 Å². The van der Waals surface area contributed by atoms with E-state index in [1.807, 2.05) is 0 Å². The summed E-state index contributed by atoms with van der Waals surface area (Å²) in [4.78, 5) is 0. The Morgan fingerprint density at radius 2 is 1.73 bits per heavy atom. The molecule has 1 aliphatic heterocycles. The van der Waals surface area contributed by atoms with Gasteiger partial charge in [0.05, 0.1) is 0 Å². The van der Waals surface area contributed by atoms with Crippen molar-refractivity contribution in [3.05, 3.63) is 0 Å². The van der Waals surface area contributed by atoms with Gasteiger partial charge in [-0.3, -0.25) is 0 Å². The minimum absolute atomic E-state index is 0.530. The van der Waals surface area contributed by atoms with Gasteiger partial charge in [-0.1, -0.05) is 20.8 Å². The minimum atomic E-state index is 0.530. The van der Waals surface area contributed by atoms with E-state index < -0.39 is 0 Å². The van der Waals surface area contributed by atoms with Crippen molar-refractivity contribution in [2.45, 2.75) is 40.0 Å². The molecule has 1 heteroatoms. The first-order valence-electron chi connectivity index (χ1n) is 4.79. The smallest absolute Gasteiger partial charge is 0.00463 e. The average molecular weight is 155 g/mol. The van der Waals surface area contributed by atoms with E-state index >= 15 is 0 Å². The van der Waals surface area contributed by atoms with Gasteiger partial charge in [0.1, 0.15) is 0 Å². The normalized spacial score (nSPS) is 22.1. The molecular formula is C10H21N. The third-order valence-corrected chi connectivity index (χ3v) is 2.36. The van der Waals surface area contributed by atoms with Crippen LogP contribution in [0.2, 0.25) is 0 Å². The molecule has 1 saturated heterocycles. The fraction of sp³-hybridized carbons (Fsp3) is 1.00. The molecule has 0 aromatic carbocycles. The lowest BCUT2D eigenvalue weighted by Gasteiger charge is -2.29. The van der Waals surface area contributed by atoms with Crippen LogP contribution in [0, 0.1) is 11.3 Å². The lowest BCUT2D eigenvalue weighted by Crippen LogP contribution is -2.29. The molecule has 0 aliphatic carbocycles. The van der Waals surface area contributed by atoms with Crippen LogP contribution in [-0.4, -0.2) is 13.1 Å². The number of nitrogens with one attached hydrogen (secondary N) is 1. The number of hydrogen-bond donors (Lipinski definition) is 1. The second-order valence-corrected chi connectivity index (χ2v) is 4.96. The maximum atomic E-state index is 3.40. The van der Waals surface area contributed by atoms with Crippen molar-refractivity contribution in [2.75, 3.05) is 13.1 Å². The van der Waals surface area contributed by atoms with Gasteiger partial charge in [-0.2, -0.15) is 0 Å². The van der Waals surface area contributed by atoms with Crippen LogP contribution in [0.15, 0.2) is 0 Å². The predicted molar refractivity (Wildman–Crippen MR) is 49.7 cm³/mol. The van der Waals surface area contributed by atoms with Gasteiger partial charge in [0.2, 0.25) is 0 Å². The van der Waals surface area contributed by atoms with Gasteiger partial charge >= 0.3 is 0 Å². The van der Waals surface area contributed by atoms with Gasteiger partial charge in [0, 0.05) is 0 Å². The Bertz CT molecular complexity index is 107. The summed E-state index contributed by atoms with van der Waals surface area (Å²) in [5.74, 6) is 0.983. The molecule has 0 radical (unpaired) electrons. The molecular weight excluding hydrogens is 134 g/mol. The van der Waals surface area contributed by atoms with Crippen molar-refractivity contribution in [2.24, 2.45) is 11.3 Å². The fourth-order valence-electron chi connectivity index (χ4n) is 1.95. The second-order valence-electron chi connectivity index (χ2n) is 4.96. The summed E-state index contributed by atoms with van der Waals surface area (Å²) in [5, 5.41) is 3.40. The first kappa shape index (κ1) is 9.05. The molecule has 0 bridgehead atoms. The van der Waals surface area contributed by atoms with Crippen LogP contribution in [0.4, 0.5) is 0 Å². The molecule has 1 fully saturated rings. The van der Waals surface area contributed by atoms with Crippen LogP contribution in [-0.2, 0) is 0 Å². The molecule has 1 rings (SSSR count). The van der Waals surface area contributed by atoms with Crippen LogP contribution in [0.5, 0.6) is 0 Å². The first-order valence-corrected chi connectivity index (χ1v) is 4.79. The molecule has 0 amide bonds. The molecule has 0 aromatic rings. The summed E-state index contributed by atoms with van der Waals surface area (Å²) < 4.78 is 0. The molecule has 66 valence electrons. The second kappa shape index (κ2) is 3.57. The van der Waals surface area contributed by atoms with E-state index in [1.165, 1.54) is 32.4 Å². The monoisotopic (exact) mass is 155 g/mol. The molecule has 1 N–H and O–H groups in total. The highest BCUT2D eigenvalue weighted by atomic mass is 14.9. The van der Waals surface area contributed by atoms with Gasteiger partial charge in [-0.05, 0) is 43.7 Å². The maximum Gasteiger partial charge on any atom is -0.00463 e. The molecule has 11 heavy (non-hydrogen) atoms. The van der Waals surface area contributed by atoms with E-state index in [0.717, 1.165) is 5.92 Å². The summed E-state index contributed by atoms with van der Waals surface area (Å²) >= 11 is 0. The molecule has 1 heterocycles. The highest BCUT2D eigenvalue weighted by Crippen LogP contribution is 2.28. The molecule has 1 aliphatic rings. The Hall–Kier alpha value is -0.0400. The van der Waals surface area contributed by atoms with Crippen molar-refractivity contribution in [1.82, 2.24) is 5.32 Å². The Morgan fingerprint density at radius 1 is 1.18 bits per heavy atom. The van der Waals surface area contributed by atoms with Crippen molar-refractivity contribution in [1.29, 1.82) is 0 Å². The van der Waals surface area contributed by atoms with Crippen molar-refractivity contribution >= 4 is 0 Å².